The monoisotopic (exact) mass is 230 g/mol. The van der Waals surface area contributed by atoms with Crippen LogP contribution in [0.5, 0.6) is 0 Å². The van der Waals surface area contributed by atoms with Gasteiger partial charge in [-0.15, -0.1) is 0 Å². The summed E-state index contributed by atoms with van der Waals surface area (Å²) in [5.41, 5.74) is 11.1. The maximum absolute atomic E-state index is 12.6. The Balaban J connectivity index is 2.47. The van der Waals surface area contributed by atoms with Crippen LogP contribution in [0.4, 0.5) is 13.2 Å². The molecule has 88 valence electrons. The van der Waals surface area contributed by atoms with E-state index in [1.165, 1.54) is 0 Å². The molecule has 1 fully saturated rings. The predicted molar refractivity (Wildman–Crippen MR) is 54.4 cm³/mol. The summed E-state index contributed by atoms with van der Waals surface area (Å²) in [5, 5.41) is 0. The molecule has 0 saturated heterocycles. The summed E-state index contributed by atoms with van der Waals surface area (Å²) < 4.78 is 37.8. The van der Waals surface area contributed by atoms with Crippen LogP contribution in [0.1, 0.15) is 29.5 Å². The molecule has 1 aliphatic carbocycles. The highest BCUT2D eigenvalue weighted by molar-refractivity contribution is 5.38. The number of alkyl halides is 3. The molecular formula is C11H13F3N2. The Labute approximate surface area is 91.4 Å². The largest absolute Gasteiger partial charge is 0.416 e. The van der Waals surface area contributed by atoms with E-state index < -0.39 is 17.3 Å². The van der Waals surface area contributed by atoms with Gasteiger partial charge in [-0.3, -0.25) is 0 Å². The van der Waals surface area contributed by atoms with Gasteiger partial charge in [0.2, 0.25) is 0 Å². The molecule has 0 spiro atoms. The van der Waals surface area contributed by atoms with E-state index in [4.69, 9.17) is 11.5 Å². The number of halogens is 3. The second-order valence-electron chi connectivity index (χ2n) is 4.28. The molecule has 0 amide bonds. The van der Waals surface area contributed by atoms with Gasteiger partial charge in [0.1, 0.15) is 0 Å². The topological polar surface area (TPSA) is 52.0 Å². The molecule has 1 aromatic rings. The normalized spacial score (nSPS) is 18.6. The highest BCUT2D eigenvalue weighted by atomic mass is 19.4. The van der Waals surface area contributed by atoms with Crippen molar-refractivity contribution in [3.05, 3.63) is 34.9 Å². The first-order valence-electron chi connectivity index (χ1n) is 5.06. The molecule has 1 aromatic carbocycles. The van der Waals surface area contributed by atoms with Crippen LogP contribution >= 0.6 is 0 Å². The molecule has 0 heterocycles. The summed E-state index contributed by atoms with van der Waals surface area (Å²) in [4.78, 5) is 0. The van der Waals surface area contributed by atoms with Crippen LogP contribution in [0.3, 0.4) is 0 Å². The predicted octanol–water partition coefficient (Wildman–Crippen LogP) is 2.11. The quantitative estimate of drug-likeness (QED) is 0.817. The van der Waals surface area contributed by atoms with Crippen molar-refractivity contribution in [3.8, 4) is 0 Å². The van der Waals surface area contributed by atoms with Gasteiger partial charge in [-0.25, -0.2) is 0 Å². The van der Waals surface area contributed by atoms with Gasteiger partial charge in [-0.2, -0.15) is 13.2 Å². The molecular weight excluding hydrogens is 217 g/mol. The lowest BCUT2D eigenvalue weighted by Gasteiger charge is -2.15. The summed E-state index contributed by atoms with van der Waals surface area (Å²) in [6.07, 6.45) is -2.87. The van der Waals surface area contributed by atoms with Gasteiger partial charge in [0.25, 0.3) is 0 Å². The van der Waals surface area contributed by atoms with Gasteiger partial charge < -0.3 is 11.5 Å². The first-order chi connectivity index (χ1) is 7.35. The molecule has 0 aliphatic heterocycles. The maximum Gasteiger partial charge on any atom is 0.416 e. The van der Waals surface area contributed by atoms with Crippen molar-refractivity contribution in [1.29, 1.82) is 0 Å². The highest BCUT2D eigenvalue weighted by Crippen LogP contribution is 2.44. The van der Waals surface area contributed by atoms with E-state index in [-0.39, 0.29) is 6.54 Å². The van der Waals surface area contributed by atoms with E-state index in [0.29, 0.717) is 11.1 Å². The molecule has 16 heavy (non-hydrogen) atoms. The lowest BCUT2D eigenvalue weighted by molar-refractivity contribution is -0.137. The Morgan fingerprint density at radius 2 is 1.81 bits per heavy atom. The minimum absolute atomic E-state index is 0.0903. The van der Waals surface area contributed by atoms with Gasteiger partial charge >= 0.3 is 6.18 Å². The molecule has 1 saturated carbocycles. The summed E-state index contributed by atoms with van der Waals surface area (Å²) in [6.45, 7) is 0.0903. The highest BCUT2D eigenvalue weighted by Gasteiger charge is 2.41. The van der Waals surface area contributed by atoms with Crippen LogP contribution in [0.25, 0.3) is 0 Å². The second kappa shape index (κ2) is 3.46. The van der Waals surface area contributed by atoms with Gasteiger partial charge in [-0.1, -0.05) is 6.07 Å². The summed E-state index contributed by atoms with van der Waals surface area (Å²) in [5.74, 6) is 0. The molecule has 4 N–H and O–H groups in total. The fourth-order valence-corrected chi connectivity index (χ4v) is 1.68. The fraction of sp³-hybridized carbons (Fsp3) is 0.455. The molecule has 0 unspecified atom stereocenters. The van der Waals surface area contributed by atoms with E-state index in [1.807, 2.05) is 0 Å². The van der Waals surface area contributed by atoms with Crippen molar-refractivity contribution >= 4 is 0 Å². The molecule has 0 atom stereocenters. The summed E-state index contributed by atoms with van der Waals surface area (Å²) >= 11 is 0. The number of benzene rings is 1. The van der Waals surface area contributed by atoms with Gasteiger partial charge in [-0.05, 0) is 36.1 Å². The average Bonchev–Trinajstić information content (AvgIpc) is 2.96. The van der Waals surface area contributed by atoms with Crippen LogP contribution in [-0.4, -0.2) is 0 Å². The summed E-state index contributed by atoms with van der Waals surface area (Å²) in [6, 6.07) is 3.88. The van der Waals surface area contributed by atoms with Crippen molar-refractivity contribution < 1.29 is 13.2 Å². The molecule has 0 bridgehead atoms. The van der Waals surface area contributed by atoms with E-state index in [2.05, 4.69) is 0 Å². The van der Waals surface area contributed by atoms with Crippen molar-refractivity contribution in [1.82, 2.24) is 0 Å². The van der Waals surface area contributed by atoms with Crippen LogP contribution in [0.2, 0.25) is 0 Å². The van der Waals surface area contributed by atoms with Gasteiger partial charge in [0.05, 0.1) is 5.56 Å². The Morgan fingerprint density at radius 1 is 1.19 bits per heavy atom. The van der Waals surface area contributed by atoms with Crippen LogP contribution < -0.4 is 11.5 Å². The third-order valence-electron chi connectivity index (χ3n) is 2.92. The minimum Gasteiger partial charge on any atom is -0.326 e. The van der Waals surface area contributed by atoms with Crippen molar-refractivity contribution in [2.24, 2.45) is 11.5 Å². The Morgan fingerprint density at radius 3 is 2.25 bits per heavy atom. The van der Waals surface area contributed by atoms with Crippen LogP contribution in [-0.2, 0) is 18.3 Å². The molecule has 2 nitrogen and oxygen atoms in total. The van der Waals surface area contributed by atoms with Gasteiger partial charge in [0, 0.05) is 12.1 Å². The maximum atomic E-state index is 12.6. The molecule has 2 rings (SSSR count). The third-order valence-corrected chi connectivity index (χ3v) is 2.92. The first-order valence-corrected chi connectivity index (χ1v) is 5.06. The first kappa shape index (κ1) is 11.4. The van der Waals surface area contributed by atoms with E-state index in [9.17, 15) is 13.2 Å². The zero-order valence-electron chi connectivity index (χ0n) is 8.64. The lowest BCUT2D eigenvalue weighted by atomic mass is 9.99. The smallest absolute Gasteiger partial charge is 0.326 e. The number of nitrogens with two attached hydrogens (primary N) is 2. The van der Waals surface area contributed by atoms with E-state index in [1.54, 1.807) is 6.07 Å². The minimum atomic E-state index is -4.34. The van der Waals surface area contributed by atoms with Crippen molar-refractivity contribution in [2.75, 3.05) is 0 Å². The zero-order chi connectivity index (χ0) is 12.0. The fourth-order valence-electron chi connectivity index (χ4n) is 1.68. The van der Waals surface area contributed by atoms with E-state index >= 15 is 0 Å². The van der Waals surface area contributed by atoms with Crippen molar-refractivity contribution in [3.63, 3.8) is 0 Å². The van der Waals surface area contributed by atoms with Crippen molar-refractivity contribution in [2.45, 2.75) is 31.1 Å². The molecule has 0 radical (unpaired) electrons. The SMILES string of the molecule is NCc1cc(C(F)(F)F)cc(C2(N)CC2)c1. The Kier molecular flexibility index (Phi) is 2.47. The molecule has 1 aliphatic rings. The Hall–Kier alpha value is -1.07. The standard InChI is InChI=1S/C11H13F3N2/c12-11(13,14)9-4-7(6-15)3-8(5-9)10(16)1-2-10/h3-5H,1-2,6,15-16H2. The number of rotatable bonds is 2. The zero-order valence-corrected chi connectivity index (χ0v) is 8.64. The third kappa shape index (κ3) is 2.05. The average molecular weight is 230 g/mol. The molecule has 5 heteroatoms. The summed E-state index contributed by atoms with van der Waals surface area (Å²) in [7, 11) is 0. The van der Waals surface area contributed by atoms with E-state index in [0.717, 1.165) is 25.0 Å². The lowest BCUT2D eigenvalue weighted by Crippen LogP contribution is -2.20. The number of hydrogen-bond donors (Lipinski definition) is 2. The number of hydrogen-bond acceptors (Lipinski definition) is 2. The van der Waals surface area contributed by atoms with Gasteiger partial charge in [0.15, 0.2) is 0 Å². The Bertz CT molecular complexity index is 385. The van der Waals surface area contributed by atoms with Crippen LogP contribution in [0, 0.1) is 0 Å². The molecule has 0 aromatic heterocycles. The second-order valence-corrected chi connectivity index (χ2v) is 4.28. The van der Waals surface area contributed by atoms with Crippen LogP contribution in [0.15, 0.2) is 18.2 Å².